The summed E-state index contributed by atoms with van der Waals surface area (Å²) in [4.78, 5) is 18.4. The molecule has 2 amide bonds. The topological polar surface area (TPSA) is 78.2 Å². The molecule has 7 heteroatoms. The molecular formula is C20H21ClN4O2. The average molecular weight is 385 g/mol. The van der Waals surface area contributed by atoms with Crippen LogP contribution in [0.5, 0.6) is 5.88 Å². The quantitative estimate of drug-likeness (QED) is 0.854. The van der Waals surface area contributed by atoms with Gasteiger partial charge in [-0.15, -0.1) is 0 Å². The van der Waals surface area contributed by atoms with Crippen LogP contribution >= 0.6 is 11.6 Å². The van der Waals surface area contributed by atoms with Gasteiger partial charge in [0.1, 0.15) is 0 Å². The first-order valence-electron chi connectivity index (χ1n) is 8.90. The number of likely N-dealkylation sites (tertiary alicyclic amines) is 1. The van der Waals surface area contributed by atoms with Gasteiger partial charge in [0.15, 0.2) is 0 Å². The Labute approximate surface area is 163 Å². The molecule has 1 aromatic heterocycles. The zero-order chi connectivity index (χ0) is 19.1. The minimum atomic E-state index is -0.0701. The Morgan fingerprint density at radius 2 is 2.19 bits per heavy atom. The summed E-state index contributed by atoms with van der Waals surface area (Å²) in [6.45, 7) is 2.33. The van der Waals surface area contributed by atoms with Gasteiger partial charge in [0.05, 0.1) is 18.2 Å². The largest absolute Gasteiger partial charge is 0.477 e. The molecule has 1 aliphatic rings. The molecule has 1 unspecified atom stereocenters. The summed E-state index contributed by atoms with van der Waals surface area (Å²) in [5, 5.41) is 12.6. The summed E-state index contributed by atoms with van der Waals surface area (Å²) in [6.07, 6.45) is 3.50. The van der Waals surface area contributed by atoms with Gasteiger partial charge < -0.3 is 15.0 Å². The van der Waals surface area contributed by atoms with E-state index in [1.165, 1.54) is 0 Å². The van der Waals surface area contributed by atoms with Crippen LogP contribution in [0.25, 0.3) is 0 Å². The monoisotopic (exact) mass is 384 g/mol. The van der Waals surface area contributed by atoms with Crippen molar-refractivity contribution in [2.45, 2.75) is 19.4 Å². The maximum Gasteiger partial charge on any atom is 0.317 e. The normalized spacial score (nSPS) is 16.4. The van der Waals surface area contributed by atoms with Gasteiger partial charge in [-0.2, -0.15) is 5.26 Å². The predicted octanol–water partition coefficient (Wildman–Crippen LogP) is 3.61. The Morgan fingerprint density at radius 1 is 1.37 bits per heavy atom. The number of piperidine rings is 1. The van der Waals surface area contributed by atoms with E-state index in [1.54, 1.807) is 18.3 Å². The van der Waals surface area contributed by atoms with Crippen molar-refractivity contribution in [2.24, 2.45) is 5.92 Å². The highest BCUT2D eigenvalue weighted by Crippen LogP contribution is 2.19. The van der Waals surface area contributed by atoms with Crippen LogP contribution in [0, 0.1) is 17.2 Å². The minimum absolute atomic E-state index is 0.0701. The van der Waals surface area contributed by atoms with E-state index >= 15 is 0 Å². The molecular weight excluding hydrogens is 364 g/mol. The number of carbonyl (C=O) groups excluding carboxylic acids is 1. The van der Waals surface area contributed by atoms with E-state index in [1.807, 2.05) is 29.2 Å². The number of rotatable bonds is 5. The van der Waals surface area contributed by atoms with E-state index in [-0.39, 0.29) is 11.9 Å². The molecule has 3 rings (SSSR count). The summed E-state index contributed by atoms with van der Waals surface area (Å²) in [6, 6.07) is 12.7. The molecule has 0 radical (unpaired) electrons. The van der Waals surface area contributed by atoms with E-state index in [4.69, 9.17) is 21.6 Å². The van der Waals surface area contributed by atoms with E-state index < -0.39 is 0 Å². The molecule has 0 aliphatic carbocycles. The summed E-state index contributed by atoms with van der Waals surface area (Å²) in [5.74, 6) is 0.686. The number of hydrogen-bond donors (Lipinski definition) is 1. The molecule has 1 N–H and O–H groups in total. The number of ether oxygens (including phenoxy) is 1. The first-order chi connectivity index (χ1) is 13.1. The van der Waals surface area contributed by atoms with Crippen LogP contribution < -0.4 is 10.1 Å². The lowest BCUT2D eigenvalue weighted by atomic mass is 9.99. The van der Waals surface area contributed by atoms with Gasteiger partial charge in [0, 0.05) is 42.8 Å². The van der Waals surface area contributed by atoms with Crippen LogP contribution in [0.2, 0.25) is 5.02 Å². The highest BCUT2D eigenvalue weighted by molar-refractivity contribution is 6.30. The van der Waals surface area contributed by atoms with Crippen LogP contribution in [0.15, 0.2) is 42.6 Å². The molecule has 1 saturated heterocycles. The number of hydrogen-bond acceptors (Lipinski definition) is 4. The third kappa shape index (κ3) is 5.60. The molecule has 27 heavy (non-hydrogen) atoms. The smallest absolute Gasteiger partial charge is 0.317 e. The molecule has 140 valence electrons. The summed E-state index contributed by atoms with van der Waals surface area (Å²) >= 11 is 5.88. The van der Waals surface area contributed by atoms with Gasteiger partial charge in [0.2, 0.25) is 5.88 Å². The highest BCUT2D eigenvalue weighted by Gasteiger charge is 2.24. The Hall–Kier alpha value is -2.78. The molecule has 1 aliphatic heterocycles. The van der Waals surface area contributed by atoms with Gasteiger partial charge in [-0.05, 0) is 36.6 Å². The summed E-state index contributed by atoms with van der Waals surface area (Å²) in [5.41, 5.74) is 1.53. The SMILES string of the molecule is N#Cc1ccnc(OCC2CCCN(C(=O)NCc3ccc(Cl)cc3)C2)c1. The van der Waals surface area contributed by atoms with Crippen molar-refractivity contribution in [3.63, 3.8) is 0 Å². The molecule has 1 aromatic carbocycles. The number of amides is 2. The number of aromatic nitrogens is 1. The first-order valence-corrected chi connectivity index (χ1v) is 9.28. The minimum Gasteiger partial charge on any atom is -0.477 e. The molecule has 0 spiro atoms. The van der Waals surface area contributed by atoms with Crippen LogP contribution in [-0.4, -0.2) is 35.6 Å². The van der Waals surface area contributed by atoms with E-state index in [0.29, 0.717) is 36.2 Å². The van der Waals surface area contributed by atoms with Crippen molar-refractivity contribution in [1.82, 2.24) is 15.2 Å². The van der Waals surface area contributed by atoms with Crippen molar-refractivity contribution in [3.8, 4) is 11.9 Å². The molecule has 1 atom stereocenters. The number of nitriles is 1. The molecule has 0 bridgehead atoms. The van der Waals surface area contributed by atoms with Crippen LogP contribution in [0.3, 0.4) is 0 Å². The zero-order valence-corrected chi connectivity index (χ0v) is 15.7. The Balaban J connectivity index is 1.47. The average Bonchev–Trinajstić information content (AvgIpc) is 2.72. The number of nitrogens with one attached hydrogen (secondary N) is 1. The molecule has 2 heterocycles. The Bertz CT molecular complexity index is 819. The van der Waals surface area contributed by atoms with Gasteiger partial charge >= 0.3 is 6.03 Å². The fraction of sp³-hybridized carbons (Fsp3) is 0.350. The highest BCUT2D eigenvalue weighted by atomic mass is 35.5. The second kappa shape index (κ2) is 9.24. The number of nitrogens with zero attached hydrogens (tertiary/aromatic N) is 3. The standard InChI is InChI=1S/C20H21ClN4O2/c21-18-5-3-15(4-6-18)12-24-20(26)25-9-1-2-17(13-25)14-27-19-10-16(11-22)7-8-23-19/h3-8,10,17H,1-2,9,12-14H2,(H,24,26). The van der Waals surface area contributed by atoms with Crippen molar-refractivity contribution in [3.05, 3.63) is 58.7 Å². The van der Waals surface area contributed by atoms with Gasteiger partial charge in [0.25, 0.3) is 0 Å². The number of urea groups is 1. The lowest BCUT2D eigenvalue weighted by molar-refractivity contribution is 0.135. The number of benzene rings is 1. The van der Waals surface area contributed by atoms with E-state index in [0.717, 1.165) is 24.9 Å². The lowest BCUT2D eigenvalue weighted by Crippen LogP contribution is -2.46. The van der Waals surface area contributed by atoms with Crippen molar-refractivity contribution >= 4 is 17.6 Å². The van der Waals surface area contributed by atoms with E-state index in [9.17, 15) is 4.79 Å². The van der Waals surface area contributed by atoms with Crippen LogP contribution in [0.1, 0.15) is 24.0 Å². The van der Waals surface area contributed by atoms with Gasteiger partial charge in [-0.1, -0.05) is 23.7 Å². The number of pyridine rings is 1. The van der Waals surface area contributed by atoms with Crippen LogP contribution in [0.4, 0.5) is 4.79 Å². The van der Waals surface area contributed by atoms with E-state index in [2.05, 4.69) is 16.4 Å². The fourth-order valence-electron chi connectivity index (χ4n) is 3.04. The van der Waals surface area contributed by atoms with Crippen molar-refractivity contribution in [1.29, 1.82) is 5.26 Å². The predicted molar refractivity (Wildman–Crippen MR) is 102 cm³/mol. The summed E-state index contributed by atoms with van der Waals surface area (Å²) in [7, 11) is 0. The Kier molecular flexibility index (Phi) is 6.50. The zero-order valence-electron chi connectivity index (χ0n) is 14.9. The van der Waals surface area contributed by atoms with Crippen molar-refractivity contribution < 1.29 is 9.53 Å². The summed E-state index contributed by atoms with van der Waals surface area (Å²) < 4.78 is 5.72. The maximum atomic E-state index is 12.4. The first kappa shape index (κ1) is 19.0. The second-order valence-electron chi connectivity index (χ2n) is 6.55. The number of carbonyl (C=O) groups is 1. The van der Waals surface area contributed by atoms with Gasteiger partial charge in [-0.25, -0.2) is 9.78 Å². The maximum absolute atomic E-state index is 12.4. The molecule has 6 nitrogen and oxygen atoms in total. The third-order valence-electron chi connectivity index (χ3n) is 4.49. The fourth-order valence-corrected chi connectivity index (χ4v) is 3.16. The number of halogens is 1. The van der Waals surface area contributed by atoms with Crippen LogP contribution in [-0.2, 0) is 6.54 Å². The Morgan fingerprint density at radius 3 is 2.96 bits per heavy atom. The lowest BCUT2D eigenvalue weighted by Gasteiger charge is -2.32. The molecule has 1 fully saturated rings. The van der Waals surface area contributed by atoms with Crippen molar-refractivity contribution in [2.75, 3.05) is 19.7 Å². The second-order valence-corrected chi connectivity index (χ2v) is 6.98. The third-order valence-corrected chi connectivity index (χ3v) is 4.75. The molecule has 0 saturated carbocycles. The van der Waals surface area contributed by atoms with Gasteiger partial charge in [-0.3, -0.25) is 0 Å². The molecule has 2 aromatic rings.